The maximum atomic E-state index is 4.36. The van der Waals surface area contributed by atoms with Crippen LogP contribution < -0.4 is 21.5 Å². The van der Waals surface area contributed by atoms with E-state index in [1.165, 1.54) is 22.4 Å². The number of benzene rings is 1. The fraction of sp³-hybridized carbons (Fsp3) is 0.176. The van der Waals surface area contributed by atoms with Crippen molar-refractivity contribution in [3.8, 4) is 11.5 Å². The highest BCUT2D eigenvalue weighted by Crippen LogP contribution is 2.20. The molecule has 0 saturated carbocycles. The van der Waals surface area contributed by atoms with Crippen molar-refractivity contribution in [1.29, 1.82) is 0 Å². The minimum atomic E-state index is 0. The average molecular weight is 344 g/mol. The number of rotatable bonds is 2. The summed E-state index contributed by atoms with van der Waals surface area (Å²) in [6.07, 6.45) is 7.97. The van der Waals surface area contributed by atoms with Crippen LogP contribution in [-0.4, -0.2) is 9.55 Å². The number of halogens is 1. The Bertz CT molecular complexity index is 725. The molecule has 0 saturated heterocycles. The van der Waals surface area contributed by atoms with E-state index in [-0.39, 0.29) is 17.0 Å². The monoisotopic (exact) mass is 343 g/mol. The smallest absolute Gasteiger partial charge is 0.266 e. The van der Waals surface area contributed by atoms with Crippen molar-refractivity contribution >= 4 is 0 Å². The van der Waals surface area contributed by atoms with Crippen LogP contribution in [0.4, 0.5) is 0 Å². The van der Waals surface area contributed by atoms with Crippen molar-refractivity contribution in [2.45, 2.75) is 20.8 Å². The summed E-state index contributed by atoms with van der Waals surface area (Å²) < 4.78 is 4.18. The van der Waals surface area contributed by atoms with Gasteiger partial charge in [-0.1, -0.05) is 23.8 Å². The van der Waals surface area contributed by atoms with Crippen LogP contribution in [0.3, 0.4) is 0 Å². The number of imidazole rings is 1. The average Bonchev–Trinajstić information content (AvgIpc) is 2.88. The molecule has 0 aliphatic rings. The Morgan fingerprint density at radius 3 is 2.38 bits per heavy atom. The van der Waals surface area contributed by atoms with Crippen molar-refractivity contribution < 1.29 is 21.5 Å². The molecule has 0 unspecified atom stereocenters. The van der Waals surface area contributed by atoms with E-state index in [9.17, 15) is 0 Å². The summed E-state index contributed by atoms with van der Waals surface area (Å²) in [7, 11) is 0. The van der Waals surface area contributed by atoms with Crippen LogP contribution in [0, 0.1) is 20.8 Å². The Morgan fingerprint density at radius 2 is 1.76 bits per heavy atom. The summed E-state index contributed by atoms with van der Waals surface area (Å²) in [4.78, 5) is 4.36. The van der Waals surface area contributed by atoms with Crippen molar-refractivity contribution in [2.24, 2.45) is 0 Å². The highest BCUT2D eigenvalue weighted by molar-refractivity contribution is 5.48. The number of hydrogen-bond donors (Lipinski definition) is 0. The van der Waals surface area contributed by atoms with Crippen LogP contribution in [0.1, 0.15) is 16.7 Å². The molecule has 3 rings (SSSR count). The predicted octanol–water partition coefficient (Wildman–Crippen LogP) is 0.0783. The molecule has 3 aromatic rings. The largest absolute Gasteiger partial charge is 1.00 e. The molecule has 0 bridgehead atoms. The maximum Gasteiger partial charge on any atom is 0.266 e. The summed E-state index contributed by atoms with van der Waals surface area (Å²) in [5.74, 6) is 0.925. The van der Waals surface area contributed by atoms with Crippen molar-refractivity contribution in [1.82, 2.24) is 9.55 Å². The lowest BCUT2D eigenvalue weighted by Gasteiger charge is -2.08. The number of pyridine rings is 1. The van der Waals surface area contributed by atoms with E-state index < -0.39 is 0 Å². The molecule has 0 amide bonds. The van der Waals surface area contributed by atoms with Crippen LogP contribution in [0.2, 0.25) is 0 Å². The van der Waals surface area contributed by atoms with E-state index in [0.29, 0.717) is 0 Å². The number of hydrogen-bond acceptors (Lipinski definition) is 1. The lowest BCUT2D eigenvalue weighted by Crippen LogP contribution is -3.00. The van der Waals surface area contributed by atoms with Gasteiger partial charge in [-0.2, -0.15) is 0 Å². The predicted molar refractivity (Wildman–Crippen MR) is 79.3 cm³/mol. The van der Waals surface area contributed by atoms with E-state index in [1.54, 1.807) is 0 Å². The first-order valence-electron chi connectivity index (χ1n) is 6.74. The quantitative estimate of drug-likeness (QED) is 0.604. The molecule has 108 valence electrons. The zero-order valence-corrected chi connectivity index (χ0v) is 14.0. The van der Waals surface area contributed by atoms with Gasteiger partial charge in [0.2, 0.25) is 0 Å². The molecule has 2 heterocycles. The van der Waals surface area contributed by atoms with Gasteiger partial charge in [-0.05, 0) is 38.0 Å². The van der Waals surface area contributed by atoms with Crippen molar-refractivity contribution in [3.63, 3.8) is 0 Å². The van der Waals surface area contributed by atoms with Gasteiger partial charge in [0.05, 0.1) is 6.20 Å². The normalized spacial score (nSPS) is 10.2. The SMILES string of the molecule is Cc1cc(C)c(-n2cc[n+](-c3ccccn3)c2)c(C)c1.[Br-]. The highest BCUT2D eigenvalue weighted by atomic mass is 79.9. The van der Waals surface area contributed by atoms with Gasteiger partial charge in [0.1, 0.15) is 18.1 Å². The van der Waals surface area contributed by atoms with E-state index in [2.05, 4.69) is 55.0 Å². The molecule has 0 spiro atoms. The number of nitrogens with zero attached hydrogens (tertiary/aromatic N) is 3. The minimum Gasteiger partial charge on any atom is -1.00 e. The first-order valence-corrected chi connectivity index (χ1v) is 6.74. The topological polar surface area (TPSA) is 21.7 Å². The third kappa shape index (κ3) is 3.05. The lowest BCUT2D eigenvalue weighted by molar-refractivity contribution is -0.598. The Morgan fingerprint density at radius 1 is 1.05 bits per heavy atom. The van der Waals surface area contributed by atoms with Crippen LogP contribution in [-0.2, 0) is 0 Å². The summed E-state index contributed by atoms with van der Waals surface area (Å²) >= 11 is 0. The van der Waals surface area contributed by atoms with Gasteiger partial charge in [-0.25, -0.2) is 9.13 Å². The third-order valence-corrected chi connectivity index (χ3v) is 3.44. The molecule has 0 N–H and O–H groups in total. The van der Waals surface area contributed by atoms with E-state index in [0.717, 1.165) is 5.82 Å². The molecule has 0 atom stereocenters. The zero-order chi connectivity index (χ0) is 14.1. The van der Waals surface area contributed by atoms with E-state index in [1.807, 2.05) is 35.2 Å². The molecular formula is C17H18BrN3. The van der Waals surface area contributed by atoms with E-state index in [4.69, 9.17) is 0 Å². The molecule has 21 heavy (non-hydrogen) atoms. The molecular weight excluding hydrogens is 326 g/mol. The molecule has 4 heteroatoms. The molecule has 0 radical (unpaired) electrons. The Labute approximate surface area is 135 Å². The molecule has 2 aromatic heterocycles. The fourth-order valence-electron chi connectivity index (χ4n) is 2.71. The fourth-order valence-corrected chi connectivity index (χ4v) is 2.71. The first kappa shape index (κ1) is 15.4. The van der Waals surface area contributed by atoms with Gasteiger partial charge in [0.25, 0.3) is 5.82 Å². The standard InChI is InChI=1S/C17H18N3.BrH/c1-13-10-14(2)17(15(3)11-13)20-9-8-19(12-20)16-6-4-5-7-18-16;/h4-12H,1-3H3;1H/q+1;/p-1. The summed E-state index contributed by atoms with van der Waals surface area (Å²) in [5, 5.41) is 0. The molecule has 0 fully saturated rings. The van der Waals surface area contributed by atoms with Gasteiger partial charge in [0, 0.05) is 6.07 Å². The summed E-state index contributed by atoms with van der Waals surface area (Å²) in [6, 6.07) is 10.4. The molecule has 1 aromatic carbocycles. The van der Waals surface area contributed by atoms with Gasteiger partial charge >= 0.3 is 0 Å². The second-order valence-corrected chi connectivity index (χ2v) is 5.16. The second-order valence-electron chi connectivity index (χ2n) is 5.16. The summed E-state index contributed by atoms with van der Waals surface area (Å²) in [5.41, 5.74) is 5.11. The number of aryl methyl sites for hydroxylation is 3. The lowest BCUT2D eigenvalue weighted by atomic mass is 10.1. The second kappa shape index (κ2) is 6.22. The zero-order valence-electron chi connectivity index (χ0n) is 12.4. The maximum absolute atomic E-state index is 4.36. The minimum absolute atomic E-state index is 0. The van der Waals surface area contributed by atoms with Crippen molar-refractivity contribution in [2.75, 3.05) is 0 Å². The van der Waals surface area contributed by atoms with Gasteiger partial charge in [0.15, 0.2) is 6.33 Å². The van der Waals surface area contributed by atoms with Gasteiger partial charge in [-0.3, -0.25) is 0 Å². The first-order chi connectivity index (χ1) is 9.65. The Hall–Kier alpha value is -1.94. The van der Waals surface area contributed by atoms with Crippen LogP contribution in [0.5, 0.6) is 0 Å². The van der Waals surface area contributed by atoms with Crippen LogP contribution in [0.25, 0.3) is 11.5 Å². The Kier molecular flexibility index (Phi) is 4.58. The highest BCUT2D eigenvalue weighted by Gasteiger charge is 2.12. The van der Waals surface area contributed by atoms with Crippen LogP contribution >= 0.6 is 0 Å². The Balaban J connectivity index is 0.00000161. The number of aromatic nitrogens is 3. The molecule has 0 aliphatic carbocycles. The van der Waals surface area contributed by atoms with Crippen LogP contribution in [0.15, 0.2) is 55.2 Å². The third-order valence-electron chi connectivity index (χ3n) is 3.44. The summed E-state index contributed by atoms with van der Waals surface area (Å²) in [6.45, 7) is 6.44. The molecule has 3 nitrogen and oxygen atoms in total. The van der Waals surface area contributed by atoms with Crippen molar-refractivity contribution in [3.05, 3.63) is 71.9 Å². The van der Waals surface area contributed by atoms with E-state index >= 15 is 0 Å². The van der Waals surface area contributed by atoms with Gasteiger partial charge < -0.3 is 17.0 Å². The van der Waals surface area contributed by atoms with Gasteiger partial charge in [-0.15, -0.1) is 4.98 Å². The molecule has 0 aliphatic heterocycles.